The minimum Gasteiger partial charge on any atom is -0.489 e. The number of aryl methyl sites for hydroxylation is 1. The van der Waals surface area contributed by atoms with Crippen LogP contribution in [0.3, 0.4) is 0 Å². The maximum absolute atomic E-state index is 5.65. The molecular weight excluding hydrogens is 190 g/mol. The second-order valence-corrected chi connectivity index (χ2v) is 4.28. The van der Waals surface area contributed by atoms with E-state index in [1.807, 2.05) is 26.8 Å². The predicted molar refractivity (Wildman–Crippen MR) is 58.4 cm³/mol. The first kappa shape index (κ1) is 10.3. The van der Waals surface area contributed by atoms with Crippen molar-refractivity contribution in [1.29, 1.82) is 0 Å². The van der Waals surface area contributed by atoms with Crippen molar-refractivity contribution in [3.05, 3.63) is 17.8 Å². The van der Waals surface area contributed by atoms with Gasteiger partial charge in [0.05, 0.1) is 18.4 Å². The molecule has 0 amide bonds. The van der Waals surface area contributed by atoms with Crippen LogP contribution in [0.5, 0.6) is 11.6 Å². The summed E-state index contributed by atoms with van der Waals surface area (Å²) in [7, 11) is 0. The monoisotopic (exact) mass is 207 g/mol. The Labute approximate surface area is 90.4 Å². The molecule has 0 bridgehead atoms. The van der Waals surface area contributed by atoms with Crippen LogP contribution in [0.15, 0.2) is 12.3 Å². The highest BCUT2D eigenvalue weighted by Gasteiger charge is 2.23. The molecule has 0 radical (unpaired) electrons. The third-order valence-electron chi connectivity index (χ3n) is 2.18. The van der Waals surface area contributed by atoms with Crippen LogP contribution in [-0.4, -0.2) is 17.2 Å². The maximum Gasteiger partial charge on any atom is 0.216 e. The molecule has 1 aliphatic carbocycles. The Bertz CT molecular complexity index is 345. The molecule has 3 heteroatoms. The van der Waals surface area contributed by atoms with Crippen molar-refractivity contribution < 1.29 is 9.47 Å². The first-order valence-electron chi connectivity index (χ1n) is 5.45. The van der Waals surface area contributed by atoms with E-state index in [2.05, 4.69) is 4.98 Å². The van der Waals surface area contributed by atoms with Crippen LogP contribution in [0, 0.1) is 6.92 Å². The van der Waals surface area contributed by atoms with Gasteiger partial charge in [-0.25, -0.2) is 4.98 Å². The molecule has 0 atom stereocenters. The number of aromatic nitrogens is 1. The van der Waals surface area contributed by atoms with E-state index in [0.29, 0.717) is 12.0 Å². The summed E-state index contributed by atoms with van der Waals surface area (Å²) in [5, 5.41) is 0. The third-order valence-corrected chi connectivity index (χ3v) is 2.18. The zero-order chi connectivity index (χ0) is 10.8. The van der Waals surface area contributed by atoms with E-state index in [9.17, 15) is 0 Å². The van der Waals surface area contributed by atoms with Gasteiger partial charge in [-0.05, 0) is 39.7 Å². The van der Waals surface area contributed by atoms with E-state index < -0.39 is 0 Å². The smallest absolute Gasteiger partial charge is 0.216 e. The lowest BCUT2D eigenvalue weighted by molar-refractivity contribution is 0.229. The van der Waals surface area contributed by atoms with Crippen LogP contribution < -0.4 is 9.47 Å². The molecule has 3 nitrogen and oxygen atoms in total. The second kappa shape index (κ2) is 4.09. The minimum absolute atomic E-state index is 0.159. The fraction of sp³-hybridized carbons (Fsp3) is 0.583. The molecule has 0 aromatic carbocycles. The third kappa shape index (κ3) is 2.85. The number of nitrogens with zero attached hydrogens (tertiary/aromatic N) is 1. The van der Waals surface area contributed by atoms with E-state index >= 15 is 0 Å². The Hall–Kier alpha value is -1.25. The molecule has 0 unspecified atom stereocenters. The molecule has 15 heavy (non-hydrogen) atoms. The minimum atomic E-state index is 0.159. The summed E-state index contributed by atoms with van der Waals surface area (Å²) < 4.78 is 11.2. The van der Waals surface area contributed by atoms with Gasteiger partial charge in [-0.3, -0.25) is 0 Å². The zero-order valence-corrected chi connectivity index (χ0v) is 9.49. The SMILES string of the molecule is Cc1cc(OC2CC2)cnc1OC(C)C. The highest BCUT2D eigenvalue weighted by Crippen LogP contribution is 2.28. The van der Waals surface area contributed by atoms with Gasteiger partial charge in [-0.2, -0.15) is 0 Å². The Balaban J connectivity index is 2.07. The Morgan fingerprint density at radius 3 is 2.67 bits per heavy atom. The van der Waals surface area contributed by atoms with Crippen molar-refractivity contribution in [3.8, 4) is 11.6 Å². The summed E-state index contributed by atoms with van der Waals surface area (Å²) in [5.41, 5.74) is 1.03. The summed E-state index contributed by atoms with van der Waals surface area (Å²) in [6.45, 7) is 5.98. The molecule has 82 valence electrons. The van der Waals surface area contributed by atoms with Crippen LogP contribution in [0.4, 0.5) is 0 Å². The maximum atomic E-state index is 5.65. The molecule has 0 N–H and O–H groups in total. The van der Waals surface area contributed by atoms with E-state index in [1.165, 1.54) is 12.8 Å². The van der Waals surface area contributed by atoms with Gasteiger partial charge in [0.2, 0.25) is 5.88 Å². The van der Waals surface area contributed by atoms with Crippen molar-refractivity contribution in [2.24, 2.45) is 0 Å². The van der Waals surface area contributed by atoms with Gasteiger partial charge in [0.25, 0.3) is 0 Å². The molecule has 0 aliphatic heterocycles. The molecule has 1 aromatic rings. The van der Waals surface area contributed by atoms with Gasteiger partial charge in [0.1, 0.15) is 5.75 Å². The van der Waals surface area contributed by atoms with Crippen LogP contribution in [0.2, 0.25) is 0 Å². The summed E-state index contributed by atoms with van der Waals surface area (Å²) in [6, 6.07) is 1.99. The van der Waals surface area contributed by atoms with Gasteiger partial charge in [-0.15, -0.1) is 0 Å². The van der Waals surface area contributed by atoms with Gasteiger partial charge >= 0.3 is 0 Å². The predicted octanol–water partition coefficient (Wildman–Crippen LogP) is 2.72. The summed E-state index contributed by atoms with van der Waals surface area (Å²) in [6.07, 6.45) is 4.66. The normalized spacial score (nSPS) is 15.5. The summed E-state index contributed by atoms with van der Waals surface area (Å²) in [5.74, 6) is 1.55. The van der Waals surface area contributed by atoms with E-state index in [-0.39, 0.29) is 6.10 Å². The Kier molecular flexibility index (Phi) is 2.80. The fourth-order valence-corrected chi connectivity index (χ4v) is 1.33. The standard InChI is InChI=1S/C12H17NO2/c1-8(2)14-12-9(3)6-11(7-13-12)15-10-4-5-10/h6-8,10H,4-5H2,1-3H3. The molecule has 0 spiro atoms. The van der Waals surface area contributed by atoms with Crippen molar-refractivity contribution in [2.45, 2.75) is 45.8 Å². The topological polar surface area (TPSA) is 31.4 Å². The van der Waals surface area contributed by atoms with E-state index in [4.69, 9.17) is 9.47 Å². The number of ether oxygens (including phenoxy) is 2. The molecular formula is C12H17NO2. The molecule has 1 heterocycles. The highest BCUT2D eigenvalue weighted by molar-refractivity contribution is 5.32. The van der Waals surface area contributed by atoms with E-state index in [0.717, 1.165) is 11.3 Å². The van der Waals surface area contributed by atoms with Gasteiger partial charge in [0.15, 0.2) is 0 Å². The van der Waals surface area contributed by atoms with Crippen molar-refractivity contribution in [2.75, 3.05) is 0 Å². The number of hydrogen-bond acceptors (Lipinski definition) is 3. The lowest BCUT2D eigenvalue weighted by Gasteiger charge is -2.12. The largest absolute Gasteiger partial charge is 0.489 e. The molecule has 0 saturated heterocycles. The highest BCUT2D eigenvalue weighted by atomic mass is 16.5. The van der Waals surface area contributed by atoms with Crippen LogP contribution >= 0.6 is 0 Å². The molecule has 1 saturated carbocycles. The zero-order valence-electron chi connectivity index (χ0n) is 9.49. The van der Waals surface area contributed by atoms with Crippen LogP contribution in [-0.2, 0) is 0 Å². The lowest BCUT2D eigenvalue weighted by Crippen LogP contribution is -2.08. The Morgan fingerprint density at radius 1 is 1.40 bits per heavy atom. The number of pyridine rings is 1. The Morgan fingerprint density at radius 2 is 2.13 bits per heavy atom. The van der Waals surface area contributed by atoms with Crippen LogP contribution in [0.1, 0.15) is 32.3 Å². The number of rotatable bonds is 4. The summed E-state index contributed by atoms with van der Waals surface area (Å²) in [4.78, 5) is 4.25. The van der Waals surface area contributed by atoms with Crippen molar-refractivity contribution >= 4 is 0 Å². The van der Waals surface area contributed by atoms with Gasteiger partial charge in [-0.1, -0.05) is 0 Å². The number of hydrogen-bond donors (Lipinski definition) is 0. The average molecular weight is 207 g/mol. The molecule has 2 rings (SSSR count). The molecule has 1 aliphatic rings. The lowest BCUT2D eigenvalue weighted by atomic mass is 10.3. The van der Waals surface area contributed by atoms with Gasteiger partial charge < -0.3 is 9.47 Å². The first-order chi connectivity index (χ1) is 7.15. The second-order valence-electron chi connectivity index (χ2n) is 4.28. The van der Waals surface area contributed by atoms with Crippen molar-refractivity contribution in [1.82, 2.24) is 4.98 Å². The average Bonchev–Trinajstić information content (AvgIpc) is 2.93. The van der Waals surface area contributed by atoms with E-state index in [1.54, 1.807) is 6.20 Å². The first-order valence-corrected chi connectivity index (χ1v) is 5.45. The summed E-state index contributed by atoms with van der Waals surface area (Å²) >= 11 is 0. The molecule has 1 fully saturated rings. The molecule has 1 aromatic heterocycles. The quantitative estimate of drug-likeness (QED) is 0.760. The van der Waals surface area contributed by atoms with Gasteiger partial charge in [0, 0.05) is 5.56 Å². The van der Waals surface area contributed by atoms with Crippen LogP contribution in [0.25, 0.3) is 0 Å². The fourth-order valence-electron chi connectivity index (χ4n) is 1.33. The van der Waals surface area contributed by atoms with Crippen molar-refractivity contribution in [3.63, 3.8) is 0 Å².